The lowest BCUT2D eigenvalue weighted by molar-refractivity contribution is -0.385. The molecule has 0 N–H and O–H groups in total. The largest absolute Gasteiger partial charge is 0.489 e. The summed E-state index contributed by atoms with van der Waals surface area (Å²) in [6, 6.07) is 4.45. The number of hydrogen-bond donors (Lipinski definition) is 1. The molecule has 1 aromatic rings. The van der Waals surface area contributed by atoms with Crippen molar-refractivity contribution in [3.05, 3.63) is 44.9 Å². The molecule has 0 saturated carbocycles. The van der Waals surface area contributed by atoms with E-state index in [9.17, 15) is 10.1 Å². The molecule has 0 atom stereocenters. The van der Waals surface area contributed by atoms with Gasteiger partial charge in [-0.1, -0.05) is 22.5 Å². The van der Waals surface area contributed by atoms with E-state index in [1.54, 1.807) is 6.07 Å². The van der Waals surface area contributed by atoms with Gasteiger partial charge in [0.1, 0.15) is 12.4 Å². The van der Waals surface area contributed by atoms with E-state index in [1.165, 1.54) is 12.1 Å². The van der Waals surface area contributed by atoms with Gasteiger partial charge >= 0.3 is 0 Å². The third-order valence-corrected chi connectivity index (χ3v) is 2.64. The second-order valence-corrected chi connectivity index (χ2v) is 4.33. The molecule has 0 aliphatic carbocycles. The van der Waals surface area contributed by atoms with E-state index in [1.807, 2.05) is 0 Å². The highest BCUT2D eigenvalue weighted by Crippen LogP contribution is 2.26. The molecule has 0 unspecified atom stereocenters. The maximum Gasteiger partial charge on any atom is 0.274 e. The zero-order valence-corrected chi connectivity index (χ0v) is 10.8. The van der Waals surface area contributed by atoms with Gasteiger partial charge in [0.2, 0.25) is 0 Å². The van der Waals surface area contributed by atoms with Crippen LogP contribution in [-0.2, 0) is 0 Å². The molecule has 0 saturated heterocycles. The van der Waals surface area contributed by atoms with E-state index < -0.39 is 4.92 Å². The van der Waals surface area contributed by atoms with Crippen molar-refractivity contribution in [2.45, 2.75) is 0 Å². The molecule has 4 nitrogen and oxygen atoms in total. The van der Waals surface area contributed by atoms with Crippen LogP contribution in [0.5, 0.6) is 5.75 Å². The molecule has 0 aliphatic heterocycles. The minimum atomic E-state index is -0.467. The lowest BCUT2D eigenvalue weighted by atomic mass is 10.3. The number of benzene rings is 1. The number of rotatable bonds is 5. The van der Waals surface area contributed by atoms with Gasteiger partial charge in [0, 0.05) is 16.3 Å². The van der Waals surface area contributed by atoms with Crippen LogP contribution < -0.4 is 4.74 Å². The lowest BCUT2D eigenvalue weighted by Crippen LogP contribution is -2.01. The van der Waals surface area contributed by atoms with E-state index in [0.29, 0.717) is 22.6 Å². The van der Waals surface area contributed by atoms with Gasteiger partial charge in [-0.3, -0.25) is 10.1 Å². The van der Waals surface area contributed by atoms with Gasteiger partial charge in [0.25, 0.3) is 5.69 Å². The molecule has 86 valence electrons. The average Bonchev–Trinajstić information content (AvgIpc) is 2.25. The van der Waals surface area contributed by atoms with Crippen LogP contribution in [0.1, 0.15) is 0 Å². The van der Waals surface area contributed by atoms with E-state index in [0.717, 1.165) is 5.57 Å². The van der Waals surface area contributed by atoms with Gasteiger partial charge in [0.15, 0.2) is 0 Å². The summed E-state index contributed by atoms with van der Waals surface area (Å²) in [4.78, 5) is 10.1. The number of thiol groups is 1. The molecule has 1 rings (SSSR count). The monoisotopic (exact) mass is 303 g/mol. The van der Waals surface area contributed by atoms with E-state index in [2.05, 4.69) is 35.1 Å². The zero-order chi connectivity index (χ0) is 12.1. The third-order valence-electron chi connectivity index (χ3n) is 1.73. The predicted molar refractivity (Wildman–Crippen MR) is 69.3 cm³/mol. The fourth-order valence-electron chi connectivity index (χ4n) is 0.968. The Kier molecular flexibility index (Phi) is 4.82. The maximum absolute atomic E-state index is 10.6. The molecule has 0 aliphatic rings. The van der Waals surface area contributed by atoms with Crippen molar-refractivity contribution in [1.82, 2.24) is 0 Å². The third kappa shape index (κ3) is 3.86. The Bertz CT molecular complexity index is 423. The predicted octanol–water partition coefficient (Wildman–Crippen LogP) is 3.22. The van der Waals surface area contributed by atoms with Crippen molar-refractivity contribution in [1.29, 1.82) is 0 Å². The number of non-ortho nitro benzene ring substituents is 1. The molecule has 0 spiro atoms. The molecular weight excluding hydrogens is 294 g/mol. The molecular formula is C10H10BrNO3S. The Hall–Kier alpha value is -1.01. The van der Waals surface area contributed by atoms with Crippen LogP contribution in [-0.4, -0.2) is 17.3 Å². The number of ether oxygens (including phenoxy) is 1. The number of nitro benzene ring substituents is 1. The number of nitrogens with zero attached hydrogens (tertiary/aromatic N) is 1. The number of hydrogen-bond acceptors (Lipinski definition) is 4. The van der Waals surface area contributed by atoms with E-state index in [-0.39, 0.29) is 5.69 Å². The fourth-order valence-corrected chi connectivity index (χ4v) is 1.52. The first kappa shape index (κ1) is 13.1. The van der Waals surface area contributed by atoms with Crippen molar-refractivity contribution in [2.24, 2.45) is 0 Å². The van der Waals surface area contributed by atoms with Gasteiger partial charge in [-0.25, -0.2) is 0 Å². The summed E-state index contributed by atoms with van der Waals surface area (Å²) >= 11 is 7.22. The SMILES string of the molecule is C=C(CS)COc1cc(Br)cc([N+](=O)[O-])c1. The molecule has 0 heterocycles. The standard InChI is InChI=1S/C10H10BrNO3S/c1-7(6-16)5-15-10-3-8(11)2-9(4-10)12(13)14/h2-4,16H,1,5-6H2. The van der Waals surface area contributed by atoms with Gasteiger partial charge in [-0.2, -0.15) is 12.6 Å². The zero-order valence-electron chi connectivity index (χ0n) is 8.35. The Balaban J connectivity index is 2.80. The number of halogens is 1. The summed E-state index contributed by atoms with van der Waals surface area (Å²) in [5, 5.41) is 10.6. The molecule has 0 aromatic heterocycles. The van der Waals surface area contributed by atoms with Gasteiger partial charge in [-0.15, -0.1) is 0 Å². The first-order valence-corrected chi connectivity index (χ1v) is 5.80. The summed E-state index contributed by atoms with van der Waals surface area (Å²) in [6.07, 6.45) is 0. The Labute approximate surface area is 107 Å². The summed E-state index contributed by atoms with van der Waals surface area (Å²) < 4.78 is 5.95. The topological polar surface area (TPSA) is 52.4 Å². The molecule has 0 amide bonds. The summed E-state index contributed by atoms with van der Waals surface area (Å²) in [7, 11) is 0. The Morgan fingerprint density at radius 2 is 2.25 bits per heavy atom. The highest BCUT2D eigenvalue weighted by Gasteiger charge is 2.09. The van der Waals surface area contributed by atoms with Crippen molar-refractivity contribution in [3.8, 4) is 5.75 Å². The minimum Gasteiger partial charge on any atom is -0.489 e. The Morgan fingerprint density at radius 1 is 1.56 bits per heavy atom. The highest BCUT2D eigenvalue weighted by molar-refractivity contribution is 9.10. The fraction of sp³-hybridized carbons (Fsp3) is 0.200. The van der Waals surface area contributed by atoms with Crippen LogP contribution in [0.3, 0.4) is 0 Å². The van der Waals surface area contributed by atoms with Crippen LogP contribution in [0.15, 0.2) is 34.8 Å². The lowest BCUT2D eigenvalue weighted by Gasteiger charge is -2.07. The van der Waals surface area contributed by atoms with Crippen LogP contribution in [0.2, 0.25) is 0 Å². The maximum atomic E-state index is 10.6. The smallest absolute Gasteiger partial charge is 0.274 e. The molecule has 0 bridgehead atoms. The van der Waals surface area contributed by atoms with Gasteiger partial charge < -0.3 is 4.74 Å². The summed E-state index contributed by atoms with van der Waals surface area (Å²) in [5.74, 6) is 0.958. The quantitative estimate of drug-likeness (QED) is 0.393. The first-order valence-electron chi connectivity index (χ1n) is 4.38. The van der Waals surface area contributed by atoms with Gasteiger partial charge in [0.05, 0.1) is 11.0 Å². The van der Waals surface area contributed by atoms with E-state index in [4.69, 9.17) is 4.74 Å². The highest BCUT2D eigenvalue weighted by atomic mass is 79.9. The van der Waals surface area contributed by atoms with Gasteiger partial charge in [-0.05, 0) is 11.6 Å². The Morgan fingerprint density at radius 3 is 2.81 bits per heavy atom. The van der Waals surface area contributed by atoms with E-state index >= 15 is 0 Å². The number of nitro groups is 1. The van der Waals surface area contributed by atoms with Crippen LogP contribution in [0, 0.1) is 10.1 Å². The molecule has 16 heavy (non-hydrogen) atoms. The van der Waals surface area contributed by atoms with Crippen molar-refractivity contribution in [3.63, 3.8) is 0 Å². The van der Waals surface area contributed by atoms with Crippen molar-refractivity contribution in [2.75, 3.05) is 12.4 Å². The second kappa shape index (κ2) is 5.91. The van der Waals surface area contributed by atoms with Crippen LogP contribution >= 0.6 is 28.6 Å². The minimum absolute atomic E-state index is 0.0131. The summed E-state index contributed by atoms with van der Waals surface area (Å²) in [6.45, 7) is 4.02. The second-order valence-electron chi connectivity index (χ2n) is 3.10. The molecule has 1 aromatic carbocycles. The molecule has 0 radical (unpaired) electrons. The normalized spacial score (nSPS) is 9.88. The average molecular weight is 304 g/mol. The molecule has 0 fully saturated rings. The summed E-state index contributed by atoms with van der Waals surface area (Å²) in [5.41, 5.74) is 0.798. The van der Waals surface area contributed by atoms with Crippen LogP contribution in [0.25, 0.3) is 0 Å². The van der Waals surface area contributed by atoms with Crippen LogP contribution in [0.4, 0.5) is 5.69 Å². The molecule has 6 heteroatoms. The first-order chi connectivity index (χ1) is 7.52. The van der Waals surface area contributed by atoms with Crippen molar-refractivity contribution >= 4 is 34.2 Å². The van der Waals surface area contributed by atoms with Crippen molar-refractivity contribution < 1.29 is 9.66 Å².